The first-order chi connectivity index (χ1) is 8.49. The molecule has 0 aliphatic heterocycles. The van der Waals surface area contributed by atoms with Crippen molar-refractivity contribution in [1.82, 2.24) is 5.32 Å². The second kappa shape index (κ2) is 7.01. The van der Waals surface area contributed by atoms with Gasteiger partial charge in [0.15, 0.2) is 0 Å². The lowest BCUT2D eigenvalue weighted by atomic mass is 10.1. The standard InChI is InChI=1S/C14H22N2O2/c1-10-4-5-11(2)13(8-10)18-7-6-14(17)16-9-12(3)15/h4-5,8,12H,6-7,9,15H2,1-3H3,(H,16,17). The highest BCUT2D eigenvalue weighted by Crippen LogP contribution is 2.19. The third kappa shape index (κ3) is 5.19. The molecule has 1 aromatic rings. The van der Waals surface area contributed by atoms with Gasteiger partial charge >= 0.3 is 0 Å². The van der Waals surface area contributed by atoms with Crippen molar-refractivity contribution in [3.63, 3.8) is 0 Å². The van der Waals surface area contributed by atoms with Crippen LogP contribution in [-0.4, -0.2) is 25.1 Å². The van der Waals surface area contributed by atoms with Crippen LogP contribution in [0.3, 0.4) is 0 Å². The predicted octanol–water partition coefficient (Wildman–Crippen LogP) is 1.54. The van der Waals surface area contributed by atoms with E-state index in [2.05, 4.69) is 5.32 Å². The minimum atomic E-state index is -0.0300. The van der Waals surface area contributed by atoms with E-state index in [1.165, 1.54) is 0 Å². The van der Waals surface area contributed by atoms with Crippen molar-refractivity contribution in [2.24, 2.45) is 5.73 Å². The second-order valence-electron chi connectivity index (χ2n) is 4.65. The van der Waals surface area contributed by atoms with Crippen LogP contribution in [0.15, 0.2) is 18.2 Å². The summed E-state index contributed by atoms with van der Waals surface area (Å²) in [6, 6.07) is 6.02. The molecule has 0 aliphatic rings. The number of rotatable bonds is 6. The summed E-state index contributed by atoms with van der Waals surface area (Å²) >= 11 is 0. The number of benzene rings is 1. The summed E-state index contributed by atoms with van der Waals surface area (Å²) in [5.41, 5.74) is 7.78. The number of amides is 1. The van der Waals surface area contributed by atoms with Crippen LogP contribution in [0.4, 0.5) is 0 Å². The van der Waals surface area contributed by atoms with Gasteiger partial charge < -0.3 is 15.8 Å². The lowest BCUT2D eigenvalue weighted by molar-refractivity contribution is -0.121. The van der Waals surface area contributed by atoms with Gasteiger partial charge in [-0.1, -0.05) is 12.1 Å². The van der Waals surface area contributed by atoms with Gasteiger partial charge in [-0.2, -0.15) is 0 Å². The van der Waals surface area contributed by atoms with Gasteiger partial charge in [0.1, 0.15) is 5.75 Å². The molecule has 0 radical (unpaired) electrons. The molecule has 1 amide bonds. The van der Waals surface area contributed by atoms with Gasteiger partial charge in [-0.15, -0.1) is 0 Å². The number of hydrogen-bond acceptors (Lipinski definition) is 3. The van der Waals surface area contributed by atoms with Crippen LogP contribution in [0.1, 0.15) is 24.5 Å². The lowest BCUT2D eigenvalue weighted by Gasteiger charge is -2.11. The molecule has 4 heteroatoms. The molecule has 0 aromatic heterocycles. The SMILES string of the molecule is Cc1ccc(C)c(OCCC(=O)NCC(C)N)c1. The van der Waals surface area contributed by atoms with Gasteiger partial charge in [0.2, 0.25) is 5.91 Å². The van der Waals surface area contributed by atoms with Crippen LogP contribution in [0.25, 0.3) is 0 Å². The molecule has 1 rings (SSSR count). The van der Waals surface area contributed by atoms with Crippen LogP contribution >= 0.6 is 0 Å². The minimum Gasteiger partial charge on any atom is -0.493 e. The van der Waals surface area contributed by atoms with Crippen LogP contribution in [0, 0.1) is 13.8 Å². The predicted molar refractivity (Wildman–Crippen MR) is 72.7 cm³/mol. The highest BCUT2D eigenvalue weighted by atomic mass is 16.5. The Kier molecular flexibility index (Phi) is 5.65. The summed E-state index contributed by atoms with van der Waals surface area (Å²) in [4.78, 5) is 11.4. The van der Waals surface area contributed by atoms with E-state index in [9.17, 15) is 4.79 Å². The molecule has 1 unspecified atom stereocenters. The molecule has 0 aliphatic carbocycles. The van der Waals surface area contributed by atoms with Crippen LogP contribution in [0.2, 0.25) is 0 Å². The van der Waals surface area contributed by atoms with Gasteiger partial charge in [-0.3, -0.25) is 4.79 Å². The summed E-state index contributed by atoms with van der Waals surface area (Å²) in [6.07, 6.45) is 0.347. The molecule has 4 nitrogen and oxygen atoms in total. The van der Waals surface area contributed by atoms with Crippen molar-refractivity contribution in [2.75, 3.05) is 13.2 Å². The van der Waals surface area contributed by atoms with Gasteiger partial charge in [0, 0.05) is 12.6 Å². The molecule has 0 spiro atoms. The molecule has 3 N–H and O–H groups in total. The molecule has 100 valence electrons. The summed E-state index contributed by atoms with van der Waals surface area (Å²) < 4.78 is 5.60. The zero-order valence-corrected chi connectivity index (χ0v) is 11.3. The Labute approximate surface area is 109 Å². The Morgan fingerprint density at radius 2 is 2.17 bits per heavy atom. The van der Waals surface area contributed by atoms with Crippen molar-refractivity contribution in [3.8, 4) is 5.75 Å². The van der Waals surface area contributed by atoms with Gasteiger partial charge in [0.05, 0.1) is 13.0 Å². The highest BCUT2D eigenvalue weighted by molar-refractivity contribution is 5.76. The number of carbonyl (C=O) groups excluding carboxylic acids is 1. The van der Waals surface area contributed by atoms with E-state index in [-0.39, 0.29) is 11.9 Å². The smallest absolute Gasteiger partial charge is 0.223 e. The van der Waals surface area contributed by atoms with Crippen molar-refractivity contribution in [2.45, 2.75) is 33.2 Å². The fraction of sp³-hybridized carbons (Fsp3) is 0.500. The lowest BCUT2D eigenvalue weighted by Crippen LogP contribution is -2.35. The van der Waals surface area contributed by atoms with E-state index < -0.39 is 0 Å². The van der Waals surface area contributed by atoms with E-state index in [0.29, 0.717) is 19.6 Å². The molecule has 1 atom stereocenters. The third-order valence-electron chi connectivity index (χ3n) is 2.55. The number of nitrogens with two attached hydrogens (primary N) is 1. The van der Waals surface area contributed by atoms with Crippen molar-refractivity contribution >= 4 is 5.91 Å². The van der Waals surface area contributed by atoms with Gasteiger partial charge in [0.25, 0.3) is 0 Å². The maximum absolute atomic E-state index is 11.4. The average Bonchev–Trinajstić information content (AvgIpc) is 2.31. The summed E-state index contributed by atoms with van der Waals surface area (Å²) in [7, 11) is 0. The number of nitrogens with one attached hydrogen (secondary N) is 1. The van der Waals surface area contributed by atoms with E-state index in [1.807, 2.05) is 39.0 Å². The largest absolute Gasteiger partial charge is 0.493 e. The van der Waals surface area contributed by atoms with Crippen LogP contribution in [-0.2, 0) is 4.79 Å². The van der Waals surface area contributed by atoms with Crippen LogP contribution < -0.4 is 15.8 Å². The Morgan fingerprint density at radius 3 is 2.83 bits per heavy atom. The van der Waals surface area contributed by atoms with Gasteiger partial charge in [-0.05, 0) is 38.0 Å². The van der Waals surface area contributed by atoms with E-state index in [0.717, 1.165) is 16.9 Å². The molecule has 0 saturated heterocycles. The van der Waals surface area contributed by atoms with Crippen molar-refractivity contribution in [1.29, 1.82) is 0 Å². The van der Waals surface area contributed by atoms with E-state index >= 15 is 0 Å². The Balaban J connectivity index is 2.33. The van der Waals surface area contributed by atoms with Gasteiger partial charge in [-0.25, -0.2) is 0 Å². The van der Waals surface area contributed by atoms with E-state index in [1.54, 1.807) is 0 Å². The zero-order valence-electron chi connectivity index (χ0n) is 11.3. The monoisotopic (exact) mass is 250 g/mol. The Hall–Kier alpha value is -1.55. The first kappa shape index (κ1) is 14.5. The minimum absolute atomic E-state index is 0.0196. The zero-order chi connectivity index (χ0) is 13.5. The number of carbonyl (C=O) groups is 1. The van der Waals surface area contributed by atoms with Crippen molar-refractivity contribution < 1.29 is 9.53 Å². The molecular formula is C14H22N2O2. The van der Waals surface area contributed by atoms with E-state index in [4.69, 9.17) is 10.5 Å². The molecule has 0 saturated carbocycles. The Bertz CT molecular complexity index is 403. The second-order valence-corrected chi connectivity index (χ2v) is 4.65. The average molecular weight is 250 g/mol. The number of ether oxygens (including phenoxy) is 1. The molecule has 0 bridgehead atoms. The fourth-order valence-electron chi connectivity index (χ4n) is 1.48. The molecular weight excluding hydrogens is 228 g/mol. The summed E-state index contributed by atoms with van der Waals surface area (Å²) in [5, 5.41) is 2.75. The maximum atomic E-state index is 11.4. The Morgan fingerprint density at radius 1 is 1.44 bits per heavy atom. The fourth-order valence-corrected chi connectivity index (χ4v) is 1.48. The van der Waals surface area contributed by atoms with Crippen molar-refractivity contribution in [3.05, 3.63) is 29.3 Å². The maximum Gasteiger partial charge on any atom is 0.223 e. The molecule has 18 heavy (non-hydrogen) atoms. The third-order valence-corrected chi connectivity index (χ3v) is 2.55. The first-order valence-corrected chi connectivity index (χ1v) is 6.21. The highest BCUT2D eigenvalue weighted by Gasteiger charge is 2.04. The molecule has 0 heterocycles. The first-order valence-electron chi connectivity index (χ1n) is 6.21. The normalized spacial score (nSPS) is 12.0. The summed E-state index contributed by atoms with van der Waals surface area (Å²) in [5.74, 6) is 0.813. The number of aryl methyl sites for hydroxylation is 2. The molecule has 1 aromatic carbocycles. The quantitative estimate of drug-likeness (QED) is 0.805. The topological polar surface area (TPSA) is 64.3 Å². The summed E-state index contributed by atoms with van der Waals surface area (Å²) in [6.45, 7) is 6.75. The van der Waals surface area contributed by atoms with Crippen LogP contribution in [0.5, 0.6) is 5.75 Å². The molecule has 0 fully saturated rings. The number of hydrogen-bond donors (Lipinski definition) is 2.